The van der Waals surface area contributed by atoms with Gasteiger partial charge in [-0.25, -0.2) is 12.8 Å². The predicted octanol–water partition coefficient (Wildman–Crippen LogP) is 3.14. The molecule has 0 unspecified atom stereocenters. The summed E-state index contributed by atoms with van der Waals surface area (Å²) >= 11 is 5.80. The van der Waals surface area contributed by atoms with Crippen LogP contribution in [0.2, 0.25) is 5.02 Å². The largest absolute Gasteiger partial charge is 0.481 e. The van der Waals surface area contributed by atoms with E-state index in [1.54, 1.807) is 0 Å². The topological polar surface area (TPSA) is 80.7 Å². The number of methoxy groups -OCH3 is 1. The molecule has 1 fully saturated rings. The van der Waals surface area contributed by atoms with Gasteiger partial charge in [0.2, 0.25) is 0 Å². The molecule has 5 nitrogen and oxygen atoms in total. The summed E-state index contributed by atoms with van der Waals surface area (Å²) < 4.78 is 44.9. The van der Waals surface area contributed by atoms with Crippen LogP contribution < -0.4 is 0 Å². The molecule has 0 spiro atoms. The molecule has 1 saturated carbocycles. The van der Waals surface area contributed by atoms with E-state index in [9.17, 15) is 22.7 Å². The average molecular weight is 399 g/mol. The number of hydrogen-bond acceptors (Lipinski definition) is 4. The lowest BCUT2D eigenvalue weighted by molar-refractivity contribution is -0.145. The van der Waals surface area contributed by atoms with E-state index in [0.717, 1.165) is 6.07 Å². The first-order valence-corrected chi connectivity index (χ1v) is 9.65. The number of carbonyl (C=O) groups is 1. The van der Waals surface area contributed by atoms with Crippen LogP contribution in [0.3, 0.4) is 0 Å². The highest BCUT2D eigenvalue weighted by atomic mass is 35.5. The lowest BCUT2D eigenvalue weighted by Gasteiger charge is -2.12. The molecule has 0 aromatic heterocycles. The second kappa shape index (κ2) is 6.64. The minimum Gasteiger partial charge on any atom is -0.481 e. The molecule has 0 radical (unpaired) electrons. The zero-order valence-corrected chi connectivity index (χ0v) is 15.3. The fraction of sp³-hybridized carbons (Fsp3) is 0.278. The maximum absolute atomic E-state index is 13.6. The molecule has 138 valence electrons. The number of carboxylic acid groups (broad SMARTS) is 1. The Bertz CT molecular complexity index is 944. The first-order valence-electron chi connectivity index (χ1n) is 7.72. The zero-order chi connectivity index (χ0) is 19.1. The van der Waals surface area contributed by atoms with E-state index in [-0.39, 0.29) is 11.5 Å². The molecule has 8 heteroatoms. The van der Waals surface area contributed by atoms with Gasteiger partial charge in [-0.15, -0.1) is 0 Å². The van der Waals surface area contributed by atoms with Crippen LogP contribution in [0, 0.1) is 11.2 Å². The van der Waals surface area contributed by atoms with Gasteiger partial charge in [-0.2, -0.15) is 0 Å². The van der Waals surface area contributed by atoms with Crippen molar-refractivity contribution in [1.82, 2.24) is 0 Å². The number of aliphatic carboxylic acids is 1. The third kappa shape index (κ3) is 2.90. The number of hydrogen-bond donors (Lipinski definition) is 1. The molecule has 0 saturated heterocycles. The molecule has 0 bridgehead atoms. The van der Waals surface area contributed by atoms with Crippen LogP contribution in [0.15, 0.2) is 53.4 Å². The van der Waals surface area contributed by atoms with Gasteiger partial charge < -0.3 is 9.84 Å². The van der Waals surface area contributed by atoms with Crippen molar-refractivity contribution in [1.29, 1.82) is 0 Å². The Morgan fingerprint density at radius 2 is 1.92 bits per heavy atom. The van der Waals surface area contributed by atoms with E-state index in [0.29, 0.717) is 10.6 Å². The number of halogens is 2. The normalized spacial score (nSPS) is 25.0. The van der Waals surface area contributed by atoms with Crippen molar-refractivity contribution in [2.45, 2.75) is 16.1 Å². The molecular weight excluding hydrogens is 383 g/mol. The van der Waals surface area contributed by atoms with Crippen LogP contribution in [0.1, 0.15) is 11.5 Å². The Morgan fingerprint density at radius 1 is 1.27 bits per heavy atom. The second-order valence-electron chi connectivity index (χ2n) is 6.23. The smallest absolute Gasteiger partial charge is 0.314 e. The second-order valence-corrected chi connectivity index (χ2v) is 8.74. The molecule has 0 amide bonds. The van der Waals surface area contributed by atoms with Crippen molar-refractivity contribution in [3.05, 3.63) is 64.9 Å². The number of rotatable bonds is 6. The SMILES string of the molecule is COC[C@]1(C(=O)O)[C@@H](c2cccc(F)c2)[C@@H]1S(=O)(=O)c1ccc(Cl)cc1. The number of carboxylic acids is 1. The van der Waals surface area contributed by atoms with E-state index in [1.807, 2.05) is 0 Å². The van der Waals surface area contributed by atoms with E-state index in [1.165, 1.54) is 49.6 Å². The fourth-order valence-corrected chi connectivity index (χ4v) is 6.01. The van der Waals surface area contributed by atoms with Gasteiger partial charge in [0.1, 0.15) is 11.2 Å². The quantitative estimate of drug-likeness (QED) is 0.808. The summed E-state index contributed by atoms with van der Waals surface area (Å²) in [5.41, 5.74) is -1.37. The van der Waals surface area contributed by atoms with Crippen LogP contribution >= 0.6 is 11.6 Å². The highest BCUT2D eigenvalue weighted by Gasteiger charge is 2.76. The van der Waals surface area contributed by atoms with Gasteiger partial charge >= 0.3 is 5.97 Å². The maximum atomic E-state index is 13.6. The lowest BCUT2D eigenvalue weighted by atomic mass is 10.00. The minimum atomic E-state index is -4.01. The van der Waals surface area contributed by atoms with Crippen LogP contribution in [-0.4, -0.2) is 38.5 Å². The van der Waals surface area contributed by atoms with Crippen molar-refractivity contribution in [2.75, 3.05) is 13.7 Å². The first kappa shape index (κ1) is 18.8. The standard InChI is InChI=1S/C18H16ClFO5S/c1-25-10-18(17(21)22)15(11-3-2-4-13(20)9-11)16(18)26(23,24)14-7-5-12(19)6-8-14/h2-9,15-16H,10H2,1H3,(H,21,22)/t15-,16-,18-/m0/s1. The Labute approximate surface area is 155 Å². The minimum absolute atomic E-state index is 0.0347. The average Bonchev–Trinajstić information content (AvgIpc) is 3.27. The van der Waals surface area contributed by atoms with Crippen molar-refractivity contribution in [3.8, 4) is 0 Å². The maximum Gasteiger partial charge on any atom is 0.314 e. The number of ether oxygens (including phenoxy) is 1. The first-order chi connectivity index (χ1) is 12.2. The van der Waals surface area contributed by atoms with Crippen LogP contribution in [0.4, 0.5) is 4.39 Å². The van der Waals surface area contributed by atoms with Gasteiger partial charge in [0.15, 0.2) is 9.84 Å². The fourth-order valence-electron chi connectivity index (χ4n) is 3.53. The molecular formula is C18H16ClFO5S. The Hall–Kier alpha value is -1.96. The summed E-state index contributed by atoms with van der Waals surface area (Å²) in [6, 6.07) is 10.8. The Morgan fingerprint density at radius 3 is 2.46 bits per heavy atom. The zero-order valence-electron chi connectivity index (χ0n) is 13.7. The highest BCUT2D eigenvalue weighted by molar-refractivity contribution is 7.92. The molecule has 0 heterocycles. The number of benzene rings is 2. The summed E-state index contributed by atoms with van der Waals surface area (Å²) in [6.45, 7) is -0.305. The lowest BCUT2D eigenvalue weighted by Crippen LogP contribution is -2.28. The molecule has 1 N–H and O–H groups in total. The molecule has 0 aliphatic heterocycles. The Balaban J connectivity index is 2.13. The third-order valence-corrected chi connectivity index (χ3v) is 7.26. The molecule has 3 rings (SSSR count). The third-order valence-electron chi connectivity index (χ3n) is 4.72. The monoisotopic (exact) mass is 398 g/mol. The Kier molecular flexibility index (Phi) is 4.81. The van der Waals surface area contributed by atoms with Crippen molar-refractivity contribution >= 4 is 27.4 Å². The van der Waals surface area contributed by atoms with E-state index < -0.39 is 38.2 Å². The van der Waals surface area contributed by atoms with Crippen molar-refractivity contribution in [2.24, 2.45) is 5.41 Å². The van der Waals surface area contributed by atoms with Gasteiger partial charge in [0.05, 0.1) is 16.8 Å². The van der Waals surface area contributed by atoms with Gasteiger partial charge in [-0.3, -0.25) is 4.79 Å². The summed E-state index contributed by atoms with van der Waals surface area (Å²) in [6.07, 6.45) is 0. The summed E-state index contributed by atoms with van der Waals surface area (Å²) in [7, 11) is -2.71. The van der Waals surface area contributed by atoms with Gasteiger partial charge in [-0.05, 0) is 42.0 Å². The van der Waals surface area contributed by atoms with Crippen LogP contribution in [-0.2, 0) is 19.4 Å². The van der Waals surface area contributed by atoms with E-state index in [4.69, 9.17) is 16.3 Å². The molecule has 2 aromatic rings. The van der Waals surface area contributed by atoms with Crippen molar-refractivity contribution in [3.63, 3.8) is 0 Å². The highest BCUT2D eigenvalue weighted by Crippen LogP contribution is 2.64. The summed E-state index contributed by atoms with van der Waals surface area (Å²) in [5, 5.41) is 8.90. The molecule has 1 aliphatic rings. The van der Waals surface area contributed by atoms with Crippen molar-refractivity contribution < 1.29 is 27.4 Å². The summed E-state index contributed by atoms with van der Waals surface area (Å²) in [4.78, 5) is 12.0. The summed E-state index contributed by atoms with van der Waals surface area (Å²) in [5.74, 6) is -2.78. The number of sulfone groups is 1. The van der Waals surface area contributed by atoms with Gasteiger partial charge in [-0.1, -0.05) is 23.7 Å². The van der Waals surface area contributed by atoms with Gasteiger partial charge in [0.25, 0.3) is 0 Å². The van der Waals surface area contributed by atoms with Gasteiger partial charge in [0, 0.05) is 18.1 Å². The molecule has 2 aromatic carbocycles. The molecule has 26 heavy (non-hydrogen) atoms. The van der Waals surface area contributed by atoms with E-state index >= 15 is 0 Å². The van der Waals surface area contributed by atoms with E-state index in [2.05, 4.69) is 0 Å². The van der Waals surface area contributed by atoms with Crippen LogP contribution in [0.25, 0.3) is 0 Å². The molecule has 3 atom stereocenters. The molecule has 1 aliphatic carbocycles. The van der Waals surface area contributed by atoms with Crippen LogP contribution in [0.5, 0.6) is 0 Å². The predicted molar refractivity (Wildman–Crippen MR) is 93.5 cm³/mol.